The van der Waals surface area contributed by atoms with Crippen molar-refractivity contribution in [2.75, 3.05) is 18.0 Å². The fourth-order valence-corrected chi connectivity index (χ4v) is 2.43. The molecule has 78 valence electrons. The van der Waals surface area contributed by atoms with Crippen LogP contribution in [0.15, 0.2) is 5.38 Å². The molecule has 0 radical (unpaired) electrons. The maximum absolute atomic E-state index is 9.55. The molecule has 1 saturated heterocycles. The van der Waals surface area contributed by atoms with Crippen LogP contribution in [-0.2, 0) is 0 Å². The summed E-state index contributed by atoms with van der Waals surface area (Å²) >= 11 is 1.44. The molecule has 1 aromatic rings. The van der Waals surface area contributed by atoms with Crippen LogP contribution >= 0.6 is 11.3 Å². The van der Waals surface area contributed by atoms with E-state index in [1.54, 1.807) is 5.38 Å². The first-order valence-corrected chi connectivity index (χ1v) is 5.62. The number of aromatic nitrogens is 1. The van der Waals surface area contributed by atoms with Crippen LogP contribution in [0.4, 0.5) is 5.13 Å². The van der Waals surface area contributed by atoms with Gasteiger partial charge in [-0.05, 0) is 12.3 Å². The summed E-state index contributed by atoms with van der Waals surface area (Å²) in [6.07, 6.45) is 0.585. The third kappa shape index (κ3) is 1.83. The Morgan fingerprint density at radius 1 is 1.64 bits per heavy atom. The Morgan fingerprint density at radius 2 is 2.43 bits per heavy atom. The van der Waals surface area contributed by atoms with Gasteiger partial charge in [-0.3, -0.25) is 0 Å². The van der Waals surface area contributed by atoms with Crippen LogP contribution in [0.1, 0.15) is 13.3 Å². The monoisotopic (exact) mass is 214 g/mol. The summed E-state index contributed by atoms with van der Waals surface area (Å²) in [6, 6.07) is 0. The second-order valence-corrected chi connectivity index (χ2v) is 4.60. The number of rotatable bonds is 1. The van der Waals surface area contributed by atoms with Gasteiger partial charge in [-0.1, -0.05) is 6.92 Å². The Morgan fingerprint density at radius 3 is 3.00 bits per heavy atom. The van der Waals surface area contributed by atoms with Crippen LogP contribution in [-0.4, -0.2) is 34.4 Å². The number of nitrogens with zero attached hydrogens (tertiary/aromatic N) is 2. The Balaban J connectivity index is 2.06. The lowest BCUT2D eigenvalue weighted by atomic mass is 9.97. The van der Waals surface area contributed by atoms with Crippen molar-refractivity contribution in [2.24, 2.45) is 5.92 Å². The summed E-state index contributed by atoms with van der Waals surface area (Å²) in [4.78, 5) is 6.13. The predicted molar refractivity (Wildman–Crippen MR) is 55.8 cm³/mol. The SMILES string of the molecule is CC1CN(c2nc(O)cs2)CCC1O. The maximum atomic E-state index is 9.55. The standard InChI is InChI=1S/C9H14N2O2S/c1-6-4-11(3-2-7(6)12)9-10-8(13)5-14-9/h5-7,12-13H,2-4H2,1H3. The molecule has 0 bridgehead atoms. The second kappa shape index (κ2) is 3.74. The molecule has 0 aliphatic carbocycles. The fourth-order valence-electron chi connectivity index (χ4n) is 1.71. The zero-order chi connectivity index (χ0) is 10.1. The first-order chi connectivity index (χ1) is 6.66. The third-order valence-electron chi connectivity index (χ3n) is 2.61. The third-order valence-corrected chi connectivity index (χ3v) is 3.50. The Hall–Kier alpha value is -0.810. The van der Waals surface area contributed by atoms with Crippen molar-refractivity contribution in [3.63, 3.8) is 0 Å². The van der Waals surface area contributed by atoms with Crippen molar-refractivity contribution >= 4 is 16.5 Å². The first kappa shape index (κ1) is 9.73. The van der Waals surface area contributed by atoms with Crippen molar-refractivity contribution in [2.45, 2.75) is 19.4 Å². The summed E-state index contributed by atoms with van der Waals surface area (Å²) in [5, 5.41) is 21.2. The Kier molecular flexibility index (Phi) is 2.60. The first-order valence-electron chi connectivity index (χ1n) is 4.74. The van der Waals surface area contributed by atoms with Crippen LogP contribution in [0.2, 0.25) is 0 Å². The predicted octanol–water partition coefficient (Wildman–Crippen LogP) is 1.06. The second-order valence-electron chi connectivity index (χ2n) is 3.77. The number of anilines is 1. The van der Waals surface area contributed by atoms with Crippen molar-refractivity contribution in [1.82, 2.24) is 4.98 Å². The molecule has 2 heterocycles. The Labute approximate surface area is 86.8 Å². The van der Waals surface area contributed by atoms with Gasteiger partial charge in [0.1, 0.15) is 0 Å². The summed E-state index contributed by atoms with van der Waals surface area (Å²) in [5.74, 6) is 0.360. The van der Waals surface area contributed by atoms with E-state index in [-0.39, 0.29) is 17.9 Å². The molecule has 1 aromatic heterocycles. The molecule has 2 unspecified atom stereocenters. The van der Waals surface area contributed by atoms with Crippen molar-refractivity contribution in [1.29, 1.82) is 0 Å². The molecule has 4 nitrogen and oxygen atoms in total. The highest BCUT2D eigenvalue weighted by Crippen LogP contribution is 2.28. The molecular weight excluding hydrogens is 200 g/mol. The highest BCUT2D eigenvalue weighted by atomic mass is 32.1. The molecule has 2 rings (SSSR count). The lowest BCUT2D eigenvalue weighted by Gasteiger charge is -2.34. The molecule has 0 amide bonds. The number of piperidine rings is 1. The minimum Gasteiger partial charge on any atom is -0.493 e. The smallest absolute Gasteiger partial charge is 0.223 e. The number of aliphatic hydroxyl groups excluding tert-OH is 1. The molecule has 5 heteroatoms. The highest BCUT2D eigenvalue weighted by molar-refractivity contribution is 7.13. The lowest BCUT2D eigenvalue weighted by Crippen LogP contribution is -2.41. The van der Waals surface area contributed by atoms with Gasteiger partial charge in [0.05, 0.1) is 11.5 Å². The van der Waals surface area contributed by atoms with Crippen LogP contribution < -0.4 is 4.90 Å². The average molecular weight is 214 g/mol. The van der Waals surface area contributed by atoms with Crippen LogP contribution in [0.3, 0.4) is 0 Å². The fraction of sp³-hybridized carbons (Fsp3) is 0.667. The van der Waals surface area contributed by atoms with Gasteiger partial charge >= 0.3 is 0 Å². The van der Waals surface area contributed by atoms with E-state index in [1.807, 2.05) is 6.92 Å². The summed E-state index contributed by atoms with van der Waals surface area (Å²) in [5.41, 5.74) is 0. The van der Waals surface area contributed by atoms with Gasteiger partial charge in [0.25, 0.3) is 0 Å². The van der Waals surface area contributed by atoms with E-state index in [4.69, 9.17) is 5.11 Å². The summed E-state index contributed by atoms with van der Waals surface area (Å²) in [7, 11) is 0. The zero-order valence-electron chi connectivity index (χ0n) is 8.05. The molecule has 2 N–H and O–H groups in total. The van der Waals surface area contributed by atoms with Crippen LogP contribution in [0, 0.1) is 5.92 Å². The van der Waals surface area contributed by atoms with Gasteiger partial charge < -0.3 is 15.1 Å². The molecule has 0 spiro atoms. The number of aliphatic hydroxyl groups is 1. The highest BCUT2D eigenvalue weighted by Gasteiger charge is 2.25. The van der Waals surface area contributed by atoms with E-state index < -0.39 is 0 Å². The summed E-state index contributed by atoms with van der Waals surface area (Å²) < 4.78 is 0. The molecule has 0 aromatic carbocycles. The van der Waals surface area contributed by atoms with Gasteiger partial charge in [0.2, 0.25) is 5.88 Å². The van der Waals surface area contributed by atoms with E-state index in [2.05, 4.69) is 9.88 Å². The van der Waals surface area contributed by atoms with E-state index >= 15 is 0 Å². The average Bonchev–Trinajstić information content (AvgIpc) is 2.57. The topological polar surface area (TPSA) is 56.6 Å². The van der Waals surface area contributed by atoms with Crippen molar-refractivity contribution in [3.8, 4) is 5.88 Å². The van der Waals surface area contributed by atoms with Gasteiger partial charge in [0, 0.05) is 13.1 Å². The van der Waals surface area contributed by atoms with Crippen molar-refractivity contribution in [3.05, 3.63) is 5.38 Å². The van der Waals surface area contributed by atoms with Crippen LogP contribution in [0.5, 0.6) is 5.88 Å². The van der Waals surface area contributed by atoms with E-state index in [0.29, 0.717) is 0 Å². The van der Waals surface area contributed by atoms with Gasteiger partial charge in [-0.2, -0.15) is 4.98 Å². The maximum Gasteiger partial charge on any atom is 0.223 e. The number of aromatic hydroxyl groups is 1. The normalized spacial score (nSPS) is 28.0. The molecule has 1 aliphatic rings. The number of hydrogen-bond acceptors (Lipinski definition) is 5. The van der Waals surface area contributed by atoms with Gasteiger partial charge in [0.15, 0.2) is 5.13 Å². The minimum absolute atomic E-state index is 0.0868. The van der Waals surface area contributed by atoms with Crippen molar-refractivity contribution < 1.29 is 10.2 Å². The molecule has 0 saturated carbocycles. The molecular formula is C9H14N2O2S. The molecule has 2 atom stereocenters. The molecule has 1 fully saturated rings. The zero-order valence-corrected chi connectivity index (χ0v) is 8.87. The lowest BCUT2D eigenvalue weighted by molar-refractivity contribution is 0.0971. The minimum atomic E-state index is -0.195. The van der Waals surface area contributed by atoms with Crippen LogP contribution in [0.25, 0.3) is 0 Å². The Bertz CT molecular complexity index is 316. The molecule has 14 heavy (non-hydrogen) atoms. The quantitative estimate of drug-likeness (QED) is 0.734. The number of hydrogen-bond donors (Lipinski definition) is 2. The van der Waals surface area contributed by atoms with E-state index in [0.717, 1.165) is 24.6 Å². The number of thiazole rings is 1. The summed E-state index contributed by atoms with van der Waals surface area (Å²) in [6.45, 7) is 3.66. The molecule has 1 aliphatic heterocycles. The van der Waals surface area contributed by atoms with E-state index in [9.17, 15) is 5.11 Å². The van der Waals surface area contributed by atoms with E-state index in [1.165, 1.54) is 11.3 Å². The van der Waals surface area contributed by atoms with Gasteiger partial charge in [-0.25, -0.2) is 0 Å². The largest absolute Gasteiger partial charge is 0.493 e. The van der Waals surface area contributed by atoms with Gasteiger partial charge in [-0.15, -0.1) is 11.3 Å².